The van der Waals surface area contributed by atoms with Crippen LogP contribution in [0.3, 0.4) is 0 Å². The van der Waals surface area contributed by atoms with Gasteiger partial charge in [-0.2, -0.15) is 0 Å². The van der Waals surface area contributed by atoms with Crippen LogP contribution in [0.25, 0.3) is 0 Å². The molecule has 0 amide bonds. The van der Waals surface area contributed by atoms with Crippen molar-refractivity contribution in [2.24, 2.45) is 4.99 Å². The monoisotopic (exact) mass is 407 g/mol. The first kappa shape index (κ1) is 20.0. The Bertz CT molecular complexity index is 396. The normalized spacial score (nSPS) is 10.9. The lowest BCUT2D eigenvalue weighted by Crippen LogP contribution is -2.39. The van der Waals surface area contributed by atoms with E-state index in [-0.39, 0.29) is 24.0 Å². The number of phenolic OH excluding ortho intramolecular Hbond substituents is 1. The molecule has 0 bridgehead atoms. The second kappa shape index (κ2) is 12.7. The number of hydrogen-bond acceptors (Lipinski definition) is 3. The molecule has 0 aliphatic carbocycles. The minimum atomic E-state index is 0. The number of hydrogen-bond donors (Lipinski definition) is 3. The highest BCUT2D eigenvalue weighted by Crippen LogP contribution is 2.10. The third kappa shape index (κ3) is 9.52. The molecular formula is C15H26IN3O2. The summed E-state index contributed by atoms with van der Waals surface area (Å²) in [4.78, 5) is 4.51. The van der Waals surface area contributed by atoms with Crippen LogP contribution in [0, 0.1) is 0 Å². The maximum Gasteiger partial charge on any atom is 0.191 e. The van der Waals surface area contributed by atoms with E-state index in [1.807, 2.05) is 19.1 Å². The molecule has 1 aromatic rings. The van der Waals surface area contributed by atoms with Crippen LogP contribution in [0.5, 0.6) is 5.75 Å². The van der Waals surface area contributed by atoms with Crippen LogP contribution in [-0.2, 0) is 11.2 Å². The molecule has 1 aromatic carbocycles. The summed E-state index contributed by atoms with van der Waals surface area (Å²) in [5, 5.41) is 15.6. The molecule has 120 valence electrons. The van der Waals surface area contributed by atoms with E-state index in [2.05, 4.69) is 15.6 Å². The minimum absolute atomic E-state index is 0. The summed E-state index contributed by atoms with van der Waals surface area (Å²) in [5.41, 5.74) is 1.22. The lowest BCUT2D eigenvalue weighted by Gasteiger charge is -2.10. The van der Waals surface area contributed by atoms with Crippen molar-refractivity contribution in [1.82, 2.24) is 10.6 Å². The number of aliphatic imine (C=N–C) groups is 1. The van der Waals surface area contributed by atoms with Gasteiger partial charge in [0.05, 0.1) is 6.61 Å². The lowest BCUT2D eigenvalue weighted by molar-refractivity contribution is 0.203. The Morgan fingerprint density at radius 1 is 1.24 bits per heavy atom. The molecule has 5 nitrogen and oxygen atoms in total. The van der Waals surface area contributed by atoms with Crippen LogP contribution in [0.4, 0.5) is 0 Å². The van der Waals surface area contributed by atoms with Crippen LogP contribution < -0.4 is 10.6 Å². The second-order valence-corrected chi connectivity index (χ2v) is 4.45. The second-order valence-electron chi connectivity index (χ2n) is 4.45. The van der Waals surface area contributed by atoms with Crippen LogP contribution in [-0.4, -0.2) is 44.4 Å². The third-order valence-electron chi connectivity index (χ3n) is 2.77. The summed E-state index contributed by atoms with van der Waals surface area (Å²) in [7, 11) is 1.68. The van der Waals surface area contributed by atoms with Crippen molar-refractivity contribution in [2.45, 2.75) is 19.8 Å². The van der Waals surface area contributed by atoms with Crippen molar-refractivity contribution < 1.29 is 9.84 Å². The first-order valence-corrected chi connectivity index (χ1v) is 7.05. The molecule has 3 N–H and O–H groups in total. The molecule has 0 aliphatic rings. The number of rotatable bonds is 8. The zero-order valence-electron chi connectivity index (χ0n) is 12.8. The first-order chi connectivity index (χ1) is 9.76. The van der Waals surface area contributed by atoms with Crippen molar-refractivity contribution in [3.05, 3.63) is 29.8 Å². The molecule has 0 spiro atoms. The van der Waals surface area contributed by atoms with Gasteiger partial charge in [-0.05, 0) is 37.5 Å². The number of ether oxygens (including phenoxy) is 1. The maximum atomic E-state index is 9.21. The molecule has 0 atom stereocenters. The van der Waals surface area contributed by atoms with Crippen molar-refractivity contribution in [3.8, 4) is 5.75 Å². The minimum Gasteiger partial charge on any atom is -0.508 e. The summed E-state index contributed by atoms with van der Waals surface area (Å²) < 4.78 is 5.00. The maximum absolute atomic E-state index is 9.21. The topological polar surface area (TPSA) is 65.9 Å². The SMILES string of the molecule is CCNC(=NCCCc1ccc(O)cc1)NCCOC.I. The summed E-state index contributed by atoms with van der Waals surface area (Å²) in [6.07, 6.45) is 1.94. The van der Waals surface area contributed by atoms with Gasteiger partial charge in [0.1, 0.15) is 5.75 Å². The van der Waals surface area contributed by atoms with E-state index >= 15 is 0 Å². The number of nitrogens with one attached hydrogen (secondary N) is 2. The number of benzene rings is 1. The highest BCUT2D eigenvalue weighted by atomic mass is 127. The van der Waals surface area contributed by atoms with E-state index < -0.39 is 0 Å². The molecular weight excluding hydrogens is 381 g/mol. The van der Waals surface area contributed by atoms with Gasteiger partial charge >= 0.3 is 0 Å². The Morgan fingerprint density at radius 2 is 1.95 bits per heavy atom. The van der Waals surface area contributed by atoms with Crippen LogP contribution in [0.15, 0.2) is 29.3 Å². The molecule has 21 heavy (non-hydrogen) atoms. The van der Waals surface area contributed by atoms with Gasteiger partial charge in [-0.25, -0.2) is 0 Å². The fourth-order valence-corrected chi connectivity index (χ4v) is 1.75. The summed E-state index contributed by atoms with van der Waals surface area (Å²) in [5.74, 6) is 1.14. The average Bonchev–Trinajstić information content (AvgIpc) is 2.45. The van der Waals surface area contributed by atoms with E-state index in [1.165, 1.54) is 5.56 Å². The molecule has 0 saturated carbocycles. The Hall–Kier alpha value is -1.02. The van der Waals surface area contributed by atoms with Crippen molar-refractivity contribution in [1.29, 1.82) is 0 Å². The molecule has 0 saturated heterocycles. The van der Waals surface area contributed by atoms with Gasteiger partial charge in [-0.15, -0.1) is 24.0 Å². The fraction of sp³-hybridized carbons (Fsp3) is 0.533. The van der Waals surface area contributed by atoms with E-state index in [9.17, 15) is 5.11 Å². The fourth-order valence-electron chi connectivity index (χ4n) is 1.75. The molecule has 0 aromatic heterocycles. The van der Waals surface area contributed by atoms with Crippen molar-refractivity contribution in [2.75, 3.05) is 33.4 Å². The van der Waals surface area contributed by atoms with Gasteiger partial charge in [0, 0.05) is 26.7 Å². The number of halogens is 1. The van der Waals surface area contributed by atoms with Crippen LogP contribution >= 0.6 is 24.0 Å². The van der Waals surface area contributed by atoms with Gasteiger partial charge < -0.3 is 20.5 Å². The summed E-state index contributed by atoms with van der Waals surface area (Å²) in [6.45, 7) is 5.07. The molecule has 1 rings (SSSR count). The quantitative estimate of drug-likeness (QED) is 0.268. The number of nitrogens with zero attached hydrogens (tertiary/aromatic N) is 1. The largest absolute Gasteiger partial charge is 0.508 e. The predicted molar refractivity (Wildman–Crippen MR) is 97.7 cm³/mol. The van der Waals surface area contributed by atoms with E-state index in [0.29, 0.717) is 12.4 Å². The Balaban J connectivity index is 0.00000400. The number of phenols is 1. The van der Waals surface area contributed by atoms with Crippen LogP contribution in [0.1, 0.15) is 18.9 Å². The van der Waals surface area contributed by atoms with Crippen molar-refractivity contribution >= 4 is 29.9 Å². The number of aromatic hydroxyl groups is 1. The number of aryl methyl sites for hydroxylation is 1. The Morgan fingerprint density at radius 3 is 2.57 bits per heavy atom. The standard InChI is InChI=1S/C15H25N3O2.HI/c1-3-16-15(18-11-12-20-2)17-10-4-5-13-6-8-14(19)9-7-13;/h6-9,19H,3-5,10-12H2,1-2H3,(H2,16,17,18);1H. The molecule has 0 heterocycles. The Labute approximate surface area is 144 Å². The molecule has 6 heteroatoms. The molecule has 0 fully saturated rings. The van der Waals surface area contributed by atoms with E-state index in [4.69, 9.17) is 4.74 Å². The first-order valence-electron chi connectivity index (χ1n) is 7.05. The predicted octanol–water partition coefficient (Wildman–Crippen LogP) is 2.14. The van der Waals surface area contributed by atoms with E-state index in [0.717, 1.165) is 38.4 Å². The lowest BCUT2D eigenvalue weighted by atomic mass is 10.1. The highest BCUT2D eigenvalue weighted by molar-refractivity contribution is 14.0. The smallest absolute Gasteiger partial charge is 0.191 e. The molecule has 0 unspecified atom stereocenters. The van der Waals surface area contributed by atoms with Gasteiger partial charge in [0.2, 0.25) is 0 Å². The summed E-state index contributed by atoms with van der Waals surface area (Å²) >= 11 is 0. The molecule has 0 radical (unpaired) electrons. The Kier molecular flexibility index (Phi) is 12.1. The van der Waals surface area contributed by atoms with Crippen molar-refractivity contribution in [3.63, 3.8) is 0 Å². The van der Waals surface area contributed by atoms with Gasteiger partial charge in [-0.1, -0.05) is 12.1 Å². The van der Waals surface area contributed by atoms with Gasteiger partial charge in [-0.3, -0.25) is 4.99 Å². The zero-order valence-corrected chi connectivity index (χ0v) is 15.1. The number of guanidine groups is 1. The highest BCUT2D eigenvalue weighted by Gasteiger charge is 1.97. The third-order valence-corrected chi connectivity index (χ3v) is 2.77. The average molecular weight is 407 g/mol. The van der Waals surface area contributed by atoms with E-state index in [1.54, 1.807) is 19.2 Å². The van der Waals surface area contributed by atoms with Crippen LogP contribution in [0.2, 0.25) is 0 Å². The summed E-state index contributed by atoms with van der Waals surface area (Å²) in [6, 6.07) is 7.33. The molecule has 0 aliphatic heterocycles. The number of methoxy groups -OCH3 is 1. The zero-order chi connectivity index (χ0) is 14.6. The van der Waals surface area contributed by atoms with Gasteiger partial charge in [0.25, 0.3) is 0 Å². The van der Waals surface area contributed by atoms with Gasteiger partial charge in [0.15, 0.2) is 5.96 Å².